The highest BCUT2D eigenvalue weighted by molar-refractivity contribution is 7.91. The molecular weight excluding hydrogens is 410 g/mol. The predicted octanol–water partition coefficient (Wildman–Crippen LogP) is 4.73. The molecule has 0 amide bonds. The highest BCUT2D eigenvalue weighted by Crippen LogP contribution is 2.46. The third-order valence-electron chi connectivity index (χ3n) is 4.59. The van der Waals surface area contributed by atoms with Crippen LogP contribution in [0.3, 0.4) is 0 Å². The monoisotopic (exact) mass is 428 g/mol. The fourth-order valence-corrected chi connectivity index (χ4v) is 5.48. The molecule has 0 fully saturated rings. The summed E-state index contributed by atoms with van der Waals surface area (Å²) in [5, 5.41) is -0.932. The van der Waals surface area contributed by atoms with Gasteiger partial charge in [-0.15, -0.1) is 6.58 Å². The zero-order chi connectivity index (χ0) is 20.3. The Morgan fingerprint density at radius 3 is 2.54 bits per heavy atom. The molecule has 2 unspecified atom stereocenters. The van der Waals surface area contributed by atoms with Crippen LogP contribution in [0.25, 0.3) is 0 Å². The van der Waals surface area contributed by atoms with Crippen molar-refractivity contribution in [1.29, 1.82) is 0 Å². The third kappa shape index (κ3) is 4.06. The highest BCUT2D eigenvalue weighted by atomic mass is 35.5. The molecule has 2 aromatic rings. The van der Waals surface area contributed by atoms with Gasteiger partial charge in [0, 0.05) is 17.5 Å². The molecule has 0 aromatic heterocycles. The first-order valence-corrected chi connectivity index (χ1v) is 10.6. The summed E-state index contributed by atoms with van der Waals surface area (Å²) in [6, 6.07) is 7.44. The molecule has 1 aliphatic heterocycles. The smallest absolute Gasteiger partial charge is 0.186 e. The molecule has 3 rings (SSSR count). The number of sulfone groups is 1. The van der Waals surface area contributed by atoms with Crippen LogP contribution in [0.4, 0.5) is 8.78 Å². The lowest BCUT2D eigenvalue weighted by Crippen LogP contribution is -2.33. The molecule has 1 heterocycles. The molecule has 0 saturated heterocycles. The minimum atomic E-state index is -4.04. The maximum absolute atomic E-state index is 14.7. The minimum absolute atomic E-state index is 0.0181. The van der Waals surface area contributed by atoms with Gasteiger partial charge in [0.1, 0.15) is 11.1 Å². The van der Waals surface area contributed by atoms with Gasteiger partial charge in [0.25, 0.3) is 0 Å². The largest absolute Gasteiger partial charge is 0.490 e. The van der Waals surface area contributed by atoms with Crippen molar-refractivity contribution in [2.45, 2.75) is 16.6 Å². The Bertz CT molecular complexity index is 961. The van der Waals surface area contributed by atoms with E-state index < -0.39 is 32.6 Å². The molecule has 1 aliphatic rings. The van der Waals surface area contributed by atoms with E-state index in [1.165, 1.54) is 24.3 Å². The molecule has 0 N–H and O–H groups in total. The van der Waals surface area contributed by atoms with E-state index in [0.29, 0.717) is 18.1 Å². The van der Waals surface area contributed by atoms with Gasteiger partial charge >= 0.3 is 0 Å². The van der Waals surface area contributed by atoms with Crippen molar-refractivity contribution in [3.05, 3.63) is 71.3 Å². The summed E-state index contributed by atoms with van der Waals surface area (Å²) in [5.41, 5.74) is -0.282. The van der Waals surface area contributed by atoms with Crippen LogP contribution in [0.5, 0.6) is 5.75 Å². The maximum Gasteiger partial charge on any atom is 0.186 e. The van der Waals surface area contributed by atoms with Gasteiger partial charge in [0.2, 0.25) is 0 Å². The molecule has 2 aromatic carbocycles. The molecule has 0 saturated carbocycles. The van der Waals surface area contributed by atoms with Crippen molar-refractivity contribution < 1.29 is 26.7 Å². The Hall–Kier alpha value is -1.96. The number of hydrogen-bond acceptors (Lipinski definition) is 4. The van der Waals surface area contributed by atoms with Gasteiger partial charge < -0.3 is 9.47 Å². The normalized spacial score (nSPS) is 19.0. The summed E-state index contributed by atoms with van der Waals surface area (Å²) in [5.74, 6) is -2.59. The van der Waals surface area contributed by atoms with E-state index in [-0.39, 0.29) is 29.4 Å². The first kappa shape index (κ1) is 20.8. The van der Waals surface area contributed by atoms with E-state index in [2.05, 4.69) is 6.58 Å². The molecule has 0 bridgehead atoms. The van der Waals surface area contributed by atoms with Gasteiger partial charge in [-0.1, -0.05) is 17.7 Å². The van der Waals surface area contributed by atoms with Gasteiger partial charge in [-0.3, -0.25) is 0 Å². The van der Waals surface area contributed by atoms with E-state index in [1.54, 1.807) is 6.08 Å². The highest BCUT2D eigenvalue weighted by Gasteiger charge is 2.43. The number of fused-ring (bicyclic) bond motifs is 1. The van der Waals surface area contributed by atoms with Crippen LogP contribution < -0.4 is 4.74 Å². The quantitative estimate of drug-likeness (QED) is 0.472. The average molecular weight is 429 g/mol. The Labute approximate surface area is 167 Å². The summed E-state index contributed by atoms with van der Waals surface area (Å²) in [6.45, 7) is 4.02. The van der Waals surface area contributed by atoms with E-state index >= 15 is 0 Å². The lowest BCUT2D eigenvalue weighted by Gasteiger charge is -2.33. The summed E-state index contributed by atoms with van der Waals surface area (Å²) >= 11 is 5.85. The van der Waals surface area contributed by atoms with Gasteiger partial charge in [-0.2, -0.15) is 0 Å². The van der Waals surface area contributed by atoms with Crippen LogP contribution in [0, 0.1) is 17.6 Å². The Balaban J connectivity index is 2.07. The minimum Gasteiger partial charge on any atom is -0.490 e. The summed E-state index contributed by atoms with van der Waals surface area (Å²) < 4.78 is 66.4. The Kier molecular flexibility index (Phi) is 6.37. The fraction of sp³-hybridized carbons (Fsp3) is 0.300. The molecule has 8 heteroatoms. The summed E-state index contributed by atoms with van der Waals surface area (Å²) in [4.78, 5) is -0.0181. The summed E-state index contributed by atoms with van der Waals surface area (Å²) in [7, 11) is -4.04. The van der Waals surface area contributed by atoms with Crippen molar-refractivity contribution in [3.63, 3.8) is 0 Å². The standard InChI is InChI=1S/C20H19ClF2O4S/c1-2-10-26-11-9-13-12-27-19-17(23)8-7-16(22)18(19)20(13)28(24,25)15-5-3-14(21)4-6-15/h2-8,13,20H,1,9-12H2. The van der Waals surface area contributed by atoms with E-state index in [1.807, 2.05) is 0 Å². The van der Waals surface area contributed by atoms with Crippen LogP contribution >= 0.6 is 11.6 Å². The molecule has 4 nitrogen and oxygen atoms in total. The molecule has 150 valence electrons. The van der Waals surface area contributed by atoms with Gasteiger partial charge in [0.05, 0.1) is 23.7 Å². The van der Waals surface area contributed by atoms with Crippen LogP contribution in [0.15, 0.2) is 53.9 Å². The third-order valence-corrected chi connectivity index (χ3v) is 7.06. The summed E-state index contributed by atoms with van der Waals surface area (Å²) in [6.07, 6.45) is 1.87. The van der Waals surface area contributed by atoms with Gasteiger partial charge in [-0.05, 0) is 42.8 Å². The first-order chi connectivity index (χ1) is 13.4. The Morgan fingerprint density at radius 1 is 1.18 bits per heavy atom. The van der Waals surface area contributed by atoms with Crippen molar-refractivity contribution in [2.75, 3.05) is 19.8 Å². The number of hydrogen-bond donors (Lipinski definition) is 0. The Morgan fingerprint density at radius 2 is 1.86 bits per heavy atom. The van der Waals surface area contributed by atoms with Crippen LogP contribution in [0.1, 0.15) is 17.2 Å². The molecule has 2 atom stereocenters. The average Bonchev–Trinajstić information content (AvgIpc) is 2.68. The number of rotatable bonds is 7. The number of benzene rings is 2. The lowest BCUT2D eigenvalue weighted by molar-refractivity contribution is 0.119. The topological polar surface area (TPSA) is 52.6 Å². The fourth-order valence-electron chi connectivity index (χ4n) is 3.29. The molecule has 0 spiro atoms. The lowest BCUT2D eigenvalue weighted by atomic mass is 9.93. The molecule has 28 heavy (non-hydrogen) atoms. The van der Waals surface area contributed by atoms with Crippen LogP contribution in [0.2, 0.25) is 5.02 Å². The SMILES string of the molecule is C=CCOCCC1COc2c(F)ccc(F)c2C1S(=O)(=O)c1ccc(Cl)cc1. The maximum atomic E-state index is 14.7. The van der Waals surface area contributed by atoms with E-state index in [9.17, 15) is 17.2 Å². The van der Waals surface area contributed by atoms with E-state index in [0.717, 1.165) is 12.1 Å². The second kappa shape index (κ2) is 8.59. The zero-order valence-electron chi connectivity index (χ0n) is 14.9. The van der Waals surface area contributed by atoms with Crippen molar-refractivity contribution in [1.82, 2.24) is 0 Å². The molecular formula is C20H19ClF2O4S. The second-order valence-electron chi connectivity index (χ2n) is 6.41. The van der Waals surface area contributed by atoms with Crippen molar-refractivity contribution in [3.8, 4) is 5.75 Å². The second-order valence-corrected chi connectivity index (χ2v) is 8.92. The van der Waals surface area contributed by atoms with Crippen molar-refractivity contribution >= 4 is 21.4 Å². The molecule has 0 aliphatic carbocycles. The molecule has 0 radical (unpaired) electrons. The van der Waals surface area contributed by atoms with Crippen LogP contribution in [-0.4, -0.2) is 28.2 Å². The van der Waals surface area contributed by atoms with Gasteiger partial charge in [-0.25, -0.2) is 17.2 Å². The van der Waals surface area contributed by atoms with Crippen LogP contribution in [-0.2, 0) is 14.6 Å². The van der Waals surface area contributed by atoms with E-state index in [4.69, 9.17) is 21.1 Å². The number of ether oxygens (including phenoxy) is 2. The predicted molar refractivity (Wildman–Crippen MR) is 102 cm³/mol. The van der Waals surface area contributed by atoms with Crippen molar-refractivity contribution in [2.24, 2.45) is 5.92 Å². The zero-order valence-corrected chi connectivity index (χ0v) is 16.5. The van der Waals surface area contributed by atoms with Gasteiger partial charge in [0.15, 0.2) is 21.4 Å². The number of halogens is 3. The first-order valence-electron chi connectivity index (χ1n) is 8.65.